The molecule has 2 atom stereocenters. The molecule has 114 valence electrons. The molecule has 1 rings (SSSR count). The molecule has 0 aromatic carbocycles. The van der Waals surface area contributed by atoms with Crippen LogP contribution in [0.15, 0.2) is 0 Å². The number of ether oxygens (including phenoxy) is 2. The Hall–Kier alpha value is -0.120. The van der Waals surface area contributed by atoms with Crippen molar-refractivity contribution in [3.63, 3.8) is 0 Å². The van der Waals surface area contributed by atoms with Crippen molar-refractivity contribution >= 4 is 0 Å². The van der Waals surface area contributed by atoms with Gasteiger partial charge in [-0.15, -0.1) is 0 Å². The molecule has 0 aromatic heterocycles. The van der Waals surface area contributed by atoms with Crippen LogP contribution in [-0.2, 0) is 9.47 Å². The maximum Gasteiger partial charge on any atom is 0.0837 e. The minimum atomic E-state index is 0.0349. The average Bonchev–Trinajstić information content (AvgIpc) is 2.64. The summed E-state index contributed by atoms with van der Waals surface area (Å²) >= 11 is 0. The van der Waals surface area contributed by atoms with Crippen LogP contribution >= 0.6 is 0 Å². The first kappa shape index (κ1) is 16.9. The number of likely N-dealkylation sites (N-methyl/N-ethyl adjacent to an activating group) is 1. The van der Waals surface area contributed by atoms with Gasteiger partial charge >= 0.3 is 0 Å². The van der Waals surface area contributed by atoms with Gasteiger partial charge in [0.2, 0.25) is 0 Å². The summed E-state index contributed by atoms with van der Waals surface area (Å²) in [4.78, 5) is 0. The van der Waals surface area contributed by atoms with Gasteiger partial charge in [-0.05, 0) is 39.2 Å². The van der Waals surface area contributed by atoms with Gasteiger partial charge in [-0.25, -0.2) is 0 Å². The Labute approximate surface area is 119 Å². The lowest BCUT2D eigenvalue weighted by Gasteiger charge is -2.43. The SMILES string of the molecule is CCOC1(C(NC)C(C)CCOC)CCCCCC1. The molecular formula is C16H33NO2. The second-order valence-corrected chi connectivity index (χ2v) is 5.94. The average molecular weight is 271 g/mol. The molecule has 19 heavy (non-hydrogen) atoms. The van der Waals surface area contributed by atoms with Crippen molar-refractivity contribution in [2.45, 2.75) is 70.4 Å². The summed E-state index contributed by atoms with van der Waals surface area (Å²) in [5, 5.41) is 3.55. The topological polar surface area (TPSA) is 30.5 Å². The molecule has 0 heterocycles. The Kier molecular flexibility index (Phi) is 7.96. The van der Waals surface area contributed by atoms with E-state index in [4.69, 9.17) is 9.47 Å². The molecule has 0 spiro atoms. The van der Waals surface area contributed by atoms with Gasteiger partial charge in [-0.2, -0.15) is 0 Å². The molecule has 2 unspecified atom stereocenters. The zero-order valence-electron chi connectivity index (χ0n) is 13.3. The molecule has 0 saturated heterocycles. The van der Waals surface area contributed by atoms with Gasteiger partial charge in [-0.3, -0.25) is 0 Å². The molecule has 1 aliphatic carbocycles. The van der Waals surface area contributed by atoms with E-state index in [0.717, 1.165) is 19.6 Å². The van der Waals surface area contributed by atoms with Crippen LogP contribution in [0, 0.1) is 5.92 Å². The first-order chi connectivity index (χ1) is 9.20. The third-order valence-electron chi connectivity index (χ3n) is 4.61. The summed E-state index contributed by atoms with van der Waals surface area (Å²) in [6.07, 6.45) is 8.81. The fourth-order valence-corrected chi connectivity index (χ4v) is 3.70. The van der Waals surface area contributed by atoms with Crippen molar-refractivity contribution in [2.24, 2.45) is 5.92 Å². The van der Waals surface area contributed by atoms with E-state index in [1.54, 1.807) is 7.11 Å². The third kappa shape index (κ3) is 4.73. The largest absolute Gasteiger partial charge is 0.385 e. The van der Waals surface area contributed by atoms with Crippen LogP contribution in [0.4, 0.5) is 0 Å². The highest BCUT2D eigenvalue weighted by atomic mass is 16.5. The summed E-state index contributed by atoms with van der Waals surface area (Å²) in [6.45, 7) is 6.10. The number of hydrogen-bond donors (Lipinski definition) is 1. The zero-order chi connectivity index (χ0) is 14.1. The minimum absolute atomic E-state index is 0.0349. The molecular weight excluding hydrogens is 238 g/mol. The maximum atomic E-state index is 6.30. The highest BCUT2D eigenvalue weighted by Gasteiger charge is 2.41. The highest BCUT2D eigenvalue weighted by Crippen LogP contribution is 2.36. The molecule has 0 aromatic rings. The van der Waals surface area contributed by atoms with Crippen LogP contribution in [0.1, 0.15) is 58.8 Å². The van der Waals surface area contributed by atoms with Crippen LogP contribution in [0.2, 0.25) is 0 Å². The van der Waals surface area contributed by atoms with Crippen molar-refractivity contribution in [2.75, 3.05) is 27.4 Å². The lowest BCUT2D eigenvalue weighted by Crippen LogP contribution is -2.54. The van der Waals surface area contributed by atoms with Gasteiger partial charge < -0.3 is 14.8 Å². The van der Waals surface area contributed by atoms with Crippen LogP contribution in [0.3, 0.4) is 0 Å². The van der Waals surface area contributed by atoms with Crippen molar-refractivity contribution in [3.05, 3.63) is 0 Å². The predicted octanol–water partition coefficient (Wildman–Crippen LogP) is 3.38. The van der Waals surface area contributed by atoms with Crippen LogP contribution in [-0.4, -0.2) is 39.0 Å². The molecule has 0 radical (unpaired) electrons. The summed E-state index contributed by atoms with van der Waals surface area (Å²) in [5.41, 5.74) is 0.0349. The van der Waals surface area contributed by atoms with E-state index in [-0.39, 0.29) is 5.60 Å². The fraction of sp³-hybridized carbons (Fsp3) is 1.00. The third-order valence-corrected chi connectivity index (χ3v) is 4.61. The van der Waals surface area contributed by atoms with E-state index in [1.807, 2.05) is 0 Å². The molecule has 3 heteroatoms. The number of methoxy groups -OCH3 is 1. The van der Waals surface area contributed by atoms with Crippen molar-refractivity contribution in [1.29, 1.82) is 0 Å². The number of nitrogens with one attached hydrogen (secondary N) is 1. The normalized spacial score (nSPS) is 22.7. The summed E-state index contributed by atoms with van der Waals surface area (Å²) in [5.74, 6) is 0.578. The van der Waals surface area contributed by atoms with Crippen molar-refractivity contribution in [1.82, 2.24) is 5.32 Å². The monoisotopic (exact) mass is 271 g/mol. The van der Waals surface area contributed by atoms with Gasteiger partial charge in [-0.1, -0.05) is 32.6 Å². The molecule has 1 aliphatic rings. The Morgan fingerprint density at radius 1 is 1.16 bits per heavy atom. The van der Waals surface area contributed by atoms with Gasteiger partial charge in [0.15, 0.2) is 0 Å². The molecule has 1 saturated carbocycles. The van der Waals surface area contributed by atoms with Gasteiger partial charge in [0.05, 0.1) is 5.60 Å². The van der Waals surface area contributed by atoms with E-state index in [2.05, 4.69) is 26.2 Å². The van der Waals surface area contributed by atoms with Crippen LogP contribution < -0.4 is 5.32 Å². The molecule has 1 fully saturated rings. The number of rotatable bonds is 8. The second kappa shape index (κ2) is 8.93. The lowest BCUT2D eigenvalue weighted by atomic mass is 9.78. The molecule has 0 amide bonds. The summed E-state index contributed by atoms with van der Waals surface area (Å²) in [7, 11) is 3.87. The van der Waals surface area contributed by atoms with E-state index in [9.17, 15) is 0 Å². The smallest absolute Gasteiger partial charge is 0.0837 e. The minimum Gasteiger partial charge on any atom is -0.385 e. The Balaban J connectivity index is 2.79. The fourth-order valence-electron chi connectivity index (χ4n) is 3.70. The van der Waals surface area contributed by atoms with E-state index < -0.39 is 0 Å². The standard InChI is InChI=1S/C16H33NO2/c1-5-19-16(11-8-6-7-9-12-16)15(17-3)14(2)10-13-18-4/h14-15,17H,5-13H2,1-4H3. The zero-order valence-corrected chi connectivity index (χ0v) is 13.3. The van der Waals surface area contributed by atoms with Gasteiger partial charge in [0.1, 0.15) is 0 Å². The Morgan fingerprint density at radius 3 is 2.26 bits per heavy atom. The first-order valence-electron chi connectivity index (χ1n) is 8.00. The summed E-state index contributed by atoms with van der Waals surface area (Å²) < 4.78 is 11.5. The Morgan fingerprint density at radius 2 is 1.79 bits per heavy atom. The number of hydrogen-bond acceptors (Lipinski definition) is 3. The lowest BCUT2D eigenvalue weighted by molar-refractivity contribution is -0.0887. The van der Waals surface area contributed by atoms with E-state index in [0.29, 0.717) is 12.0 Å². The predicted molar refractivity (Wildman–Crippen MR) is 80.6 cm³/mol. The highest BCUT2D eigenvalue weighted by molar-refractivity contribution is 4.96. The maximum absolute atomic E-state index is 6.30. The van der Waals surface area contributed by atoms with Crippen LogP contribution in [0.25, 0.3) is 0 Å². The van der Waals surface area contributed by atoms with E-state index in [1.165, 1.54) is 38.5 Å². The second-order valence-electron chi connectivity index (χ2n) is 5.94. The van der Waals surface area contributed by atoms with Crippen molar-refractivity contribution in [3.8, 4) is 0 Å². The molecule has 0 bridgehead atoms. The first-order valence-corrected chi connectivity index (χ1v) is 8.00. The van der Waals surface area contributed by atoms with E-state index >= 15 is 0 Å². The molecule has 3 nitrogen and oxygen atoms in total. The summed E-state index contributed by atoms with van der Waals surface area (Å²) in [6, 6.07) is 0.431. The van der Waals surface area contributed by atoms with Gasteiger partial charge in [0, 0.05) is 26.4 Å². The van der Waals surface area contributed by atoms with Crippen molar-refractivity contribution < 1.29 is 9.47 Å². The van der Waals surface area contributed by atoms with Gasteiger partial charge in [0.25, 0.3) is 0 Å². The quantitative estimate of drug-likeness (QED) is 0.687. The Bertz CT molecular complexity index is 225. The van der Waals surface area contributed by atoms with Crippen LogP contribution in [0.5, 0.6) is 0 Å². The molecule has 1 N–H and O–H groups in total. The molecule has 0 aliphatic heterocycles.